The second kappa shape index (κ2) is 9.32. The van der Waals surface area contributed by atoms with E-state index in [0.29, 0.717) is 6.54 Å². The molecule has 144 valence electrons. The Morgan fingerprint density at radius 1 is 0.828 bits per heavy atom. The number of anilines is 1. The van der Waals surface area contributed by atoms with Crippen LogP contribution in [0.25, 0.3) is 11.1 Å². The van der Waals surface area contributed by atoms with Gasteiger partial charge in [-0.25, -0.2) is 0 Å². The van der Waals surface area contributed by atoms with Crippen molar-refractivity contribution in [3.63, 3.8) is 0 Å². The summed E-state index contributed by atoms with van der Waals surface area (Å²) >= 11 is 1.72. The van der Waals surface area contributed by atoms with E-state index in [1.807, 2.05) is 60.7 Å². The van der Waals surface area contributed by atoms with Crippen LogP contribution in [0.5, 0.6) is 0 Å². The molecule has 1 amide bonds. The first-order chi connectivity index (χ1) is 14.3. The number of amides is 1. The lowest BCUT2D eigenvalue weighted by molar-refractivity contribution is -0.675. The van der Waals surface area contributed by atoms with Crippen LogP contribution in [0.15, 0.2) is 102 Å². The molecule has 1 heterocycles. The van der Waals surface area contributed by atoms with Crippen molar-refractivity contribution in [1.82, 2.24) is 0 Å². The Kier molecular flexibility index (Phi) is 6.15. The van der Waals surface area contributed by atoms with Crippen LogP contribution >= 0.6 is 11.3 Å². The number of carbonyl (C=O) groups is 1. The minimum atomic E-state index is -0.00846. The Morgan fingerprint density at radius 2 is 1.52 bits per heavy atom. The standard InChI is InChI=1S/C25H22N2OS/c28-24(27-22-15-8-7-14-21(22)19-10-3-1-4-11-19)18-26-25(23-16-9-17-29-23)20-12-5-2-6-13-20/h1-17,25-26H,18H2,(H,27,28)/p+1/t25-/m1/s1. The minimum Gasteiger partial charge on any atom is -0.328 e. The first-order valence-electron chi connectivity index (χ1n) is 9.67. The van der Waals surface area contributed by atoms with Gasteiger partial charge in [0.2, 0.25) is 0 Å². The molecule has 4 heteroatoms. The Labute approximate surface area is 175 Å². The quantitative estimate of drug-likeness (QED) is 0.465. The van der Waals surface area contributed by atoms with Crippen LogP contribution in [0.4, 0.5) is 5.69 Å². The second-order valence-electron chi connectivity index (χ2n) is 6.80. The van der Waals surface area contributed by atoms with Crippen molar-refractivity contribution in [1.29, 1.82) is 0 Å². The summed E-state index contributed by atoms with van der Waals surface area (Å²) < 4.78 is 0. The fourth-order valence-electron chi connectivity index (χ4n) is 3.43. The zero-order chi connectivity index (χ0) is 19.9. The highest BCUT2D eigenvalue weighted by Crippen LogP contribution is 2.27. The topological polar surface area (TPSA) is 45.7 Å². The average Bonchev–Trinajstić information content (AvgIpc) is 3.30. The van der Waals surface area contributed by atoms with Crippen LogP contribution in [0.2, 0.25) is 0 Å². The molecule has 0 spiro atoms. The van der Waals surface area contributed by atoms with E-state index in [1.54, 1.807) is 11.3 Å². The lowest BCUT2D eigenvalue weighted by Gasteiger charge is -2.15. The zero-order valence-electron chi connectivity index (χ0n) is 16.0. The molecule has 1 aromatic heterocycles. The summed E-state index contributed by atoms with van der Waals surface area (Å²) in [7, 11) is 0. The van der Waals surface area contributed by atoms with Gasteiger partial charge in [-0.3, -0.25) is 4.79 Å². The van der Waals surface area contributed by atoms with Crippen molar-refractivity contribution in [2.75, 3.05) is 11.9 Å². The van der Waals surface area contributed by atoms with Gasteiger partial charge in [0.25, 0.3) is 5.91 Å². The zero-order valence-corrected chi connectivity index (χ0v) is 16.8. The Balaban J connectivity index is 1.48. The van der Waals surface area contributed by atoms with Crippen LogP contribution in [-0.4, -0.2) is 12.5 Å². The summed E-state index contributed by atoms with van der Waals surface area (Å²) in [4.78, 5) is 14.0. The number of para-hydroxylation sites is 1. The number of benzene rings is 3. The van der Waals surface area contributed by atoms with E-state index >= 15 is 0 Å². The van der Waals surface area contributed by atoms with Crippen molar-refractivity contribution in [3.05, 3.63) is 113 Å². The van der Waals surface area contributed by atoms with Gasteiger partial charge >= 0.3 is 0 Å². The van der Waals surface area contributed by atoms with E-state index in [4.69, 9.17) is 0 Å². The molecule has 0 saturated carbocycles. The van der Waals surface area contributed by atoms with Gasteiger partial charge in [-0.2, -0.15) is 0 Å². The highest BCUT2D eigenvalue weighted by Gasteiger charge is 2.20. The van der Waals surface area contributed by atoms with E-state index in [2.05, 4.69) is 52.4 Å². The van der Waals surface area contributed by atoms with Gasteiger partial charge in [0, 0.05) is 16.8 Å². The highest BCUT2D eigenvalue weighted by molar-refractivity contribution is 7.10. The fraction of sp³-hybridized carbons (Fsp3) is 0.0800. The second-order valence-corrected chi connectivity index (χ2v) is 7.78. The van der Waals surface area contributed by atoms with Crippen molar-refractivity contribution in [2.45, 2.75) is 6.04 Å². The molecule has 0 aliphatic rings. The van der Waals surface area contributed by atoms with Crippen LogP contribution in [-0.2, 0) is 4.79 Å². The van der Waals surface area contributed by atoms with Gasteiger partial charge < -0.3 is 10.6 Å². The van der Waals surface area contributed by atoms with Crippen LogP contribution in [0.3, 0.4) is 0 Å². The van der Waals surface area contributed by atoms with Crippen molar-refractivity contribution < 1.29 is 10.1 Å². The summed E-state index contributed by atoms with van der Waals surface area (Å²) in [6.45, 7) is 0.348. The Bertz CT molecular complexity index is 1050. The molecule has 3 N–H and O–H groups in total. The van der Waals surface area contributed by atoms with E-state index < -0.39 is 0 Å². The number of carbonyl (C=O) groups excluding carboxylic acids is 1. The third-order valence-electron chi connectivity index (χ3n) is 4.83. The summed E-state index contributed by atoms with van der Waals surface area (Å²) in [6.07, 6.45) is 0. The Morgan fingerprint density at radius 3 is 2.24 bits per heavy atom. The molecule has 4 rings (SSSR count). The number of hydrogen-bond donors (Lipinski definition) is 2. The fourth-order valence-corrected chi connectivity index (χ4v) is 4.28. The smallest absolute Gasteiger partial charge is 0.279 e. The normalized spacial score (nSPS) is 11.7. The van der Waals surface area contributed by atoms with Crippen molar-refractivity contribution >= 4 is 22.9 Å². The SMILES string of the molecule is O=C(C[NH2+][C@H](c1ccccc1)c1cccs1)Nc1ccccc1-c1ccccc1. The van der Waals surface area contributed by atoms with Gasteiger partial charge in [-0.1, -0.05) is 84.9 Å². The maximum atomic E-state index is 12.8. The summed E-state index contributed by atoms with van der Waals surface area (Å²) in [6, 6.07) is 32.7. The molecular weight excluding hydrogens is 376 g/mol. The molecule has 4 aromatic rings. The summed E-state index contributed by atoms with van der Waals surface area (Å²) in [5.74, 6) is -0.00846. The van der Waals surface area contributed by atoms with E-state index in [9.17, 15) is 4.79 Å². The maximum Gasteiger partial charge on any atom is 0.279 e. The number of nitrogens with one attached hydrogen (secondary N) is 1. The summed E-state index contributed by atoms with van der Waals surface area (Å²) in [5, 5.41) is 7.27. The predicted octanol–water partition coefficient (Wildman–Crippen LogP) is 4.71. The molecule has 0 unspecified atom stereocenters. The van der Waals surface area contributed by atoms with Gasteiger partial charge in [0.15, 0.2) is 6.54 Å². The van der Waals surface area contributed by atoms with Crippen LogP contribution in [0, 0.1) is 0 Å². The van der Waals surface area contributed by atoms with E-state index in [-0.39, 0.29) is 11.9 Å². The molecule has 0 saturated heterocycles. The average molecular weight is 400 g/mol. The number of thiophene rings is 1. The minimum absolute atomic E-state index is 0.00846. The number of rotatable bonds is 7. The largest absolute Gasteiger partial charge is 0.328 e. The maximum absolute atomic E-state index is 12.8. The van der Waals surface area contributed by atoms with Crippen LogP contribution < -0.4 is 10.6 Å². The van der Waals surface area contributed by atoms with Gasteiger partial charge in [0.1, 0.15) is 6.04 Å². The first kappa shape index (κ1) is 19.1. The third-order valence-corrected chi connectivity index (χ3v) is 5.79. The lowest BCUT2D eigenvalue weighted by Crippen LogP contribution is -2.87. The van der Waals surface area contributed by atoms with Gasteiger partial charge in [-0.15, -0.1) is 11.3 Å². The highest BCUT2D eigenvalue weighted by atomic mass is 32.1. The molecule has 0 radical (unpaired) electrons. The van der Waals surface area contributed by atoms with E-state index in [1.165, 1.54) is 10.4 Å². The predicted molar refractivity (Wildman–Crippen MR) is 120 cm³/mol. The van der Waals surface area contributed by atoms with Crippen molar-refractivity contribution in [3.8, 4) is 11.1 Å². The van der Waals surface area contributed by atoms with Crippen molar-refractivity contribution in [2.24, 2.45) is 0 Å². The van der Waals surface area contributed by atoms with E-state index in [0.717, 1.165) is 16.8 Å². The molecular formula is C25H23N2OS+. The first-order valence-corrected chi connectivity index (χ1v) is 10.6. The van der Waals surface area contributed by atoms with Gasteiger partial charge in [0.05, 0.1) is 4.88 Å². The number of nitrogens with two attached hydrogens (primary N) is 1. The third kappa shape index (κ3) is 4.80. The Hall–Kier alpha value is -3.21. The summed E-state index contributed by atoms with van der Waals surface area (Å²) in [5.41, 5.74) is 4.16. The number of quaternary nitrogens is 1. The lowest BCUT2D eigenvalue weighted by atomic mass is 10.0. The molecule has 0 bridgehead atoms. The molecule has 3 nitrogen and oxygen atoms in total. The molecule has 29 heavy (non-hydrogen) atoms. The molecule has 0 aliphatic carbocycles. The molecule has 0 fully saturated rings. The molecule has 0 aliphatic heterocycles. The molecule has 1 atom stereocenters. The van der Waals surface area contributed by atoms with Gasteiger partial charge in [-0.05, 0) is 23.1 Å². The van der Waals surface area contributed by atoms with Crippen LogP contribution in [0.1, 0.15) is 16.5 Å². The molecule has 3 aromatic carbocycles. The monoisotopic (exact) mass is 399 g/mol. The number of hydrogen-bond acceptors (Lipinski definition) is 2.